The van der Waals surface area contributed by atoms with Gasteiger partial charge in [-0.2, -0.15) is 0 Å². The van der Waals surface area contributed by atoms with Crippen LogP contribution in [0.4, 0.5) is 5.69 Å². The van der Waals surface area contributed by atoms with Crippen LogP contribution in [0.1, 0.15) is 47.7 Å². The standard InChI is InChI=1S/C21H24N2O5/c1-4-16(17-8-6-5-7-9-17)13-22-20(24)15(3)28-21(25)18-10-11-19(23(26)27)14(2)12-18/h5-12,15-16H,4,13H2,1-3H3,(H,22,24)/t15-,16-/m1/s1. The predicted molar refractivity (Wildman–Crippen MR) is 105 cm³/mol. The molecule has 0 bridgehead atoms. The summed E-state index contributed by atoms with van der Waals surface area (Å²) in [5.74, 6) is -0.914. The van der Waals surface area contributed by atoms with Crippen molar-refractivity contribution in [3.05, 3.63) is 75.3 Å². The summed E-state index contributed by atoms with van der Waals surface area (Å²) in [4.78, 5) is 34.9. The van der Waals surface area contributed by atoms with E-state index >= 15 is 0 Å². The van der Waals surface area contributed by atoms with Crippen LogP contribution in [0.25, 0.3) is 0 Å². The number of benzene rings is 2. The highest BCUT2D eigenvalue weighted by Crippen LogP contribution is 2.20. The second-order valence-corrected chi connectivity index (χ2v) is 6.57. The molecule has 0 unspecified atom stereocenters. The molecule has 7 heteroatoms. The van der Waals surface area contributed by atoms with Crippen molar-refractivity contribution in [2.75, 3.05) is 6.54 Å². The lowest BCUT2D eigenvalue weighted by Gasteiger charge is -2.18. The number of hydrogen-bond donors (Lipinski definition) is 1. The van der Waals surface area contributed by atoms with Crippen LogP contribution < -0.4 is 5.32 Å². The molecule has 2 aromatic carbocycles. The molecular weight excluding hydrogens is 360 g/mol. The van der Waals surface area contributed by atoms with Crippen molar-refractivity contribution in [3.63, 3.8) is 0 Å². The van der Waals surface area contributed by atoms with Gasteiger partial charge in [0.1, 0.15) is 0 Å². The Balaban J connectivity index is 1.93. The monoisotopic (exact) mass is 384 g/mol. The van der Waals surface area contributed by atoms with Gasteiger partial charge in [0.15, 0.2) is 6.10 Å². The summed E-state index contributed by atoms with van der Waals surface area (Å²) in [7, 11) is 0. The highest BCUT2D eigenvalue weighted by Gasteiger charge is 2.21. The van der Waals surface area contributed by atoms with E-state index in [-0.39, 0.29) is 23.1 Å². The summed E-state index contributed by atoms with van der Waals surface area (Å²) in [6, 6.07) is 13.8. The molecule has 28 heavy (non-hydrogen) atoms. The van der Waals surface area contributed by atoms with Crippen molar-refractivity contribution < 1.29 is 19.2 Å². The molecule has 2 atom stereocenters. The number of nitrogens with zero attached hydrogens (tertiary/aromatic N) is 1. The zero-order valence-corrected chi connectivity index (χ0v) is 16.2. The van der Waals surface area contributed by atoms with E-state index in [1.807, 2.05) is 37.3 Å². The van der Waals surface area contributed by atoms with Crippen molar-refractivity contribution in [1.29, 1.82) is 0 Å². The molecule has 0 spiro atoms. The quantitative estimate of drug-likeness (QED) is 0.424. The second kappa shape index (κ2) is 9.64. The van der Waals surface area contributed by atoms with Gasteiger partial charge in [-0.3, -0.25) is 14.9 Å². The van der Waals surface area contributed by atoms with Crippen LogP contribution in [0.2, 0.25) is 0 Å². The first-order valence-corrected chi connectivity index (χ1v) is 9.12. The number of ether oxygens (including phenoxy) is 1. The summed E-state index contributed by atoms with van der Waals surface area (Å²) >= 11 is 0. The highest BCUT2D eigenvalue weighted by atomic mass is 16.6. The third-order valence-electron chi connectivity index (χ3n) is 4.57. The van der Waals surface area contributed by atoms with E-state index in [1.165, 1.54) is 25.1 Å². The summed E-state index contributed by atoms with van der Waals surface area (Å²) < 4.78 is 5.20. The number of amides is 1. The van der Waals surface area contributed by atoms with Gasteiger partial charge in [0.2, 0.25) is 0 Å². The molecule has 1 N–H and O–H groups in total. The zero-order valence-electron chi connectivity index (χ0n) is 16.2. The summed E-state index contributed by atoms with van der Waals surface area (Å²) in [5.41, 5.74) is 1.58. The van der Waals surface area contributed by atoms with Gasteiger partial charge >= 0.3 is 5.97 Å². The maximum atomic E-state index is 12.3. The first kappa shape index (κ1) is 21.1. The lowest BCUT2D eigenvalue weighted by Crippen LogP contribution is -2.38. The average molecular weight is 384 g/mol. The minimum Gasteiger partial charge on any atom is -0.449 e. The van der Waals surface area contributed by atoms with Crippen molar-refractivity contribution in [2.45, 2.75) is 39.2 Å². The topological polar surface area (TPSA) is 98.5 Å². The lowest BCUT2D eigenvalue weighted by atomic mass is 9.96. The molecule has 0 radical (unpaired) electrons. The smallest absolute Gasteiger partial charge is 0.338 e. The second-order valence-electron chi connectivity index (χ2n) is 6.57. The Bertz CT molecular complexity index is 851. The lowest BCUT2D eigenvalue weighted by molar-refractivity contribution is -0.385. The SMILES string of the molecule is CC[C@H](CNC(=O)[C@@H](C)OC(=O)c1ccc([N+](=O)[O-])c(C)c1)c1ccccc1. The van der Waals surface area contributed by atoms with Gasteiger partial charge in [-0.15, -0.1) is 0 Å². The Labute approximate surface area is 163 Å². The van der Waals surface area contributed by atoms with Crippen molar-refractivity contribution in [2.24, 2.45) is 0 Å². The van der Waals surface area contributed by atoms with Crippen LogP contribution in [-0.2, 0) is 9.53 Å². The molecule has 2 rings (SSSR count). The van der Waals surface area contributed by atoms with Crippen LogP contribution in [-0.4, -0.2) is 29.4 Å². The number of nitrogens with one attached hydrogen (secondary N) is 1. The van der Waals surface area contributed by atoms with Gasteiger partial charge in [-0.05, 0) is 38.0 Å². The Kier molecular flexibility index (Phi) is 7.26. The van der Waals surface area contributed by atoms with E-state index in [0.717, 1.165) is 12.0 Å². The molecule has 0 aromatic heterocycles. The third kappa shape index (κ3) is 5.39. The van der Waals surface area contributed by atoms with Gasteiger partial charge in [-0.1, -0.05) is 37.3 Å². The molecule has 0 fully saturated rings. The summed E-state index contributed by atoms with van der Waals surface area (Å²) in [5, 5.41) is 13.7. The first-order chi connectivity index (χ1) is 13.3. The van der Waals surface area contributed by atoms with Gasteiger partial charge in [-0.25, -0.2) is 4.79 Å². The number of carbonyl (C=O) groups is 2. The van der Waals surface area contributed by atoms with Gasteiger partial charge in [0.25, 0.3) is 11.6 Å². The van der Waals surface area contributed by atoms with E-state index in [0.29, 0.717) is 12.1 Å². The maximum Gasteiger partial charge on any atom is 0.338 e. The predicted octanol–water partition coefficient (Wildman–Crippen LogP) is 3.76. The largest absolute Gasteiger partial charge is 0.449 e. The van der Waals surface area contributed by atoms with Crippen LogP contribution in [0.3, 0.4) is 0 Å². The molecular formula is C21H24N2O5. The number of esters is 1. The zero-order chi connectivity index (χ0) is 20.7. The molecule has 0 saturated carbocycles. The average Bonchev–Trinajstić information content (AvgIpc) is 2.68. The highest BCUT2D eigenvalue weighted by molar-refractivity contribution is 5.92. The number of nitro benzene ring substituents is 1. The fraction of sp³-hybridized carbons (Fsp3) is 0.333. The molecule has 0 heterocycles. The Hall–Kier alpha value is -3.22. The number of nitro groups is 1. The molecule has 1 amide bonds. The molecule has 2 aromatic rings. The van der Waals surface area contributed by atoms with Crippen molar-refractivity contribution >= 4 is 17.6 Å². The van der Waals surface area contributed by atoms with E-state index in [1.54, 1.807) is 6.92 Å². The molecule has 0 saturated heterocycles. The normalized spacial score (nSPS) is 12.7. The van der Waals surface area contributed by atoms with Crippen LogP contribution in [0, 0.1) is 17.0 Å². The van der Waals surface area contributed by atoms with E-state index in [2.05, 4.69) is 5.32 Å². The summed E-state index contributed by atoms with van der Waals surface area (Å²) in [6.07, 6.45) is -0.114. The van der Waals surface area contributed by atoms with Crippen LogP contribution in [0.15, 0.2) is 48.5 Å². The van der Waals surface area contributed by atoms with E-state index in [4.69, 9.17) is 4.74 Å². The van der Waals surface area contributed by atoms with Crippen LogP contribution in [0.5, 0.6) is 0 Å². The Morgan fingerprint density at radius 2 is 1.86 bits per heavy atom. The molecule has 7 nitrogen and oxygen atoms in total. The van der Waals surface area contributed by atoms with Gasteiger partial charge in [0, 0.05) is 24.1 Å². The van der Waals surface area contributed by atoms with Crippen LogP contribution >= 0.6 is 0 Å². The fourth-order valence-corrected chi connectivity index (χ4v) is 2.86. The van der Waals surface area contributed by atoms with Crippen molar-refractivity contribution in [3.8, 4) is 0 Å². The summed E-state index contributed by atoms with van der Waals surface area (Å²) in [6.45, 7) is 5.52. The van der Waals surface area contributed by atoms with Crippen molar-refractivity contribution in [1.82, 2.24) is 5.32 Å². The van der Waals surface area contributed by atoms with E-state index < -0.39 is 17.0 Å². The molecule has 0 aliphatic rings. The minimum atomic E-state index is -0.976. The number of aryl methyl sites for hydroxylation is 1. The minimum absolute atomic E-state index is 0.0751. The van der Waals surface area contributed by atoms with E-state index in [9.17, 15) is 19.7 Å². The Morgan fingerprint density at radius 3 is 2.43 bits per heavy atom. The molecule has 0 aliphatic carbocycles. The number of carbonyl (C=O) groups excluding carboxylic acids is 2. The van der Waals surface area contributed by atoms with Gasteiger partial charge in [0.05, 0.1) is 10.5 Å². The first-order valence-electron chi connectivity index (χ1n) is 9.12. The number of hydrogen-bond acceptors (Lipinski definition) is 5. The molecule has 0 aliphatic heterocycles. The number of rotatable bonds is 8. The fourth-order valence-electron chi connectivity index (χ4n) is 2.86. The maximum absolute atomic E-state index is 12.3. The Morgan fingerprint density at radius 1 is 1.18 bits per heavy atom. The third-order valence-corrected chi connectivity index (χ3v) is 4.57. The molecule has 148 valence electrons. The van der Waals surface area contributed by atoms with Gasteiger partial charge < -0.3 is 10.1 Å².